The first-order chi connectivity index (χ1) is 16.2. The van der Waals surface area contributed by atoms with Gasteiger partial charge in [0.05, 0.1) is 0 Å². The lowest BCUT2D eigenvalue weighted by Gasteiger charge is -2.29. The van der Waals surface area contributed by atoms with Gasteiger partial charge in [0.15, 0.2) is 0 Å². The largest absolute Gasteiger partial charge is 0.480 e. The molecule has 2 aromatic rings. The molecule has 0 fully saturated rings. The standard InChI is InChI=1S/C27H35ClN2O3S/c1-4-5-6-7-8-14-30(26(33)29-22-11-9-10-21(28)18-22)23-15-19-12-13-24(17-20(19)16-23)34-27(2,3)25(31)32/h9-13,17-18,23H,4-8,14-16H2,1-3H3,(H,29,33)(H,31,32). The third kappa shape index (κ3) is 7.16. The molecule has 0 saturated carbocycles. The third-order valence-corrected chi connectivity index (χ3v) is 7.67. The molecule has 3 rings (SSSR count). The first-order valence-corrected chi connectivity index (χ1v) is 13.3. The van der Waals surface area contributed by atoms with Crippen molar-refractivity contribution < 1.29 is 14.7 Å². The van der Waals surface area contributed by atoms with Crippen molar-refractivity contribution in [3.8, 4) is 0 Å². The van der Waals surface area contributed by atoms with E-state index in [2.05, 4.69) is 24.4 Å². The average Bonchev–Trinajstić information content (AvgIpc) is 3.18. The second-order valence-corrected chi connectivity index (χ2v) is 11.6. The lowest BCUT2D eigenvalue weighted by Crippen LogP contribution is -2.44. The zero-order chi connectivity index (χ0) is 24.7. The van der Waals surface area contributed by atoms with Crippen LogP contribution in [0.25, 0.3) is 0 Å². The number of unbranched alkanes of at least 4 members (excludes halogenated alkanes) is 4. The van der Waals surface area contributed by atoms with Gasteiger partial charge in [0.2, 0.25) is 0 Å². The predicted molar refractivity (Wildman–Crippen MR) is 141 cm³/mol. The highest BCUT2D eigenvalue weighted by atomic mass is 35.5. The summed E-state index contributed by atoms with van der Waals surface area (Å²) >= 11 is 7.46. The van der Waals surface area contributed by atoms with Crippen molar-refractivity contribution in [2.75, 3.05) is 11.9 Å². The zero-order valence-corrected chi connectivity index (χ0v) is 21.8. The zero-order valence-electron chi connectivity index (χ0n) is 20.3. The van der Waals surface area contributed by atoms with E-state index in [1.54, 1.807) is 26.0 Å². The van der Waals surface area contributed by atoms with E-state index in [9.17, 15) is 14.7 Å². The van der Waals surface area contributed by atoms with Crippen LogP contribution in [0.4, 0.5) is 10.5 Å². The van der Waals surface area contributed by atoms with Gasteiger partial charge >= 0.3 is 12.0 Å². The van der Waals surface area contributed by atoms with Crippen LogP contribution in [0, 0.1) is 0 Å². The fraction of sp³-hybridized carbons (Fsp3) is 0.481. The number of nitrogens with zero attached hydrogens (tertiary/aromatic N) is 1. The molecule has 2 amide bonds. The van der Waals surface area contributed by atoms with Crippen LogP contribution in [0.15, 0.2) is 47.4 Å². The number of halogens is 1. The quantitative estimate of drug-likeness (QED) is 0.250. The molecule has 0 saturated heterocycles. The number of carboxylic acids is 1. The molecule has 184 valence electrons. The summed E-state index contributed by atoms with van der Waals surface area (Å²) in [5, 5.41) is 13.1. The third-order valence-electron chi connectivity index (χ3n) is 6.26. The van der Waals surface area contributed by atoms with E-state index in [1.807, 2.05) is 23.1 Å². The predicted octanol–water partition coefficient (Wildman–Crippen LogP) is 7.27. The number of carboxylic acid groups (broad SMARTS) is 1. The fourth-order valence-electron chi connectivity index (χ4n) is 4.29. The molecule has 7 heteroatoms. The van der Waals surface area contributed by atoms with Gasteiger partial charge in [-0.15, -0.1) is 11.8 Å². The smallest absolute Gasteiger partial charge is 0.322 e. The Morgan fingerprint density at radius 1 is 1.09 bits per heavy atom. The van der Waals surface area contributed by atoms with Crippen LogP contribution in [0.2, 0.25) is 5.02 Å². The van der Waals surface area contributed by atoms with E-state index in [1.165, 1.54) is 42.2 Å². The lowest BCUT2D eigenvalue weighted by atomic mass is 10.1. The number of hydrogen-bond acceptors (Lipinski definition) is 3. The molecule has 34 heavy (non-hydrogen) atoms. The number of carbonyl (C=O) groups excluding carboxylic acids is 1. The minimum Gasteiger partial charge on any atom is -0.480 e. The van der Waals surface area contributed by atoms with Crippen LogP contribution < -0.4 is 5.32 Å². The molecular formula is C27H35ClN2O3S. The van der Waals surface area contributed by atoms with Crippen molar-refractivity contribution in [2.24, 2.45) is 0 Å². The summed E-state index contributed by atoms with van der Waals surface area (Å²) in [6.07, 6.45) is 7.26. The van der Waals surface area contributed by atoms with Gasteiger partial charge in [0.25, 0.3) is 0 Å². The molecule has 2 aromatic carbocycles. The molecule has 0 bridgehead atoms. The van der Waals surface area contributed by atoms with Gasteiger partial charge < -0.3 is 15.3 Å². The van der Waals surface area contributed by atoms with Gasteiger partial charge in [-0.05, 0) is 74.6 Å². The summed E-state index contributed by atoms with van der Waals surface area (Å²) in [5.74, 6) is -0.831. The number of anilines is 1. The molecule has 1 atom stereocenters. The Kier molecular flexibility index (Phi) is 9.31. The number of nitrogens with one attached hydrogen (secondary N) is 1. The summed E-state index contributed by atoms with van der Waals surface area (Å²) in [7, 11) is 0. The second kappa shape index (κ2) is 12.0. The van der Waals surface area contributed by atoms with E-state index < -0.39 is 10.7 Å². The van der Waals surface area contributed by atoms with E-state index in [0.717, 1.165) is 30.6 Å². The summed E-state index contributed by atoms with van der Waals surface area (Å²) < 4.78 is -0.895. The van der Waals surface area contributed by atoms with Crippen LogP contribution in [-0.4, -0.2) is 39.3 Å². The number of fused-ring (bicyclic) bond motifs is 1. The van der Waals surface area contributed by atoms with Gasteiger partial charge in [-0.2, -0.15) is 0 Å². The van der Waals surface area contributed by atoms with E-state index in [4.69, 9.17) is 11.6 Å². The summed E-state index contributed by atoms with van der Waals surface area (Å²) in [6.45, 7) is 6.35. The van der Waals surface area contributed by atoms with Crippen molar-refractivity contribution in [1.29, 1.82) is 0 Å². The van der Waals surface area contributed by atoms with Crippen molar-refractivity contribution in [3.05, 3.63) is 58.6 Å². The van der Waals surface area contributed by atoms with Gasteiger partial charge in [0.1, 0.15) is 4.75 Å². The number of hydrogen-bond donors (Lipinski definition) is 2. The molecule has 1 aliphatic carbocycles. The van der Waals surface area contributed by atoms with Crippen LogP contribution in [-0.2, 0) is 17.6 Å². The number of aliphatic carboxylic acids is 1. The van der Waals surface area contributed by atoms with Crippen LogP contribution in [0.5, 0.6) is 0 Å². The van der Waals surface area contributed by atoms with Crippen molar-refractivity contribution >= 4 is 41.1 Å². The topological polar surface area (TPSA) is 69.6 Å². The molecule has 2 N–H and O–H groups in total. The van der Waals surface area contributed by atoms with Gasteiger partial charge in [-0.25, -0.2) is 4.79 Å². The molecule has 0 radical (unpaired) electrons. The van der Waals surface area contributed by atoms with Crippen molar-refractivity contribution in [3.63, 3.8) is 0 Å². The molecule has 0 aliphatic heterocycles. The molecule has 0 heterocycles. The summed E-state index contributed by atoms with van der Waals surface area (Å²) in [5.41, 5.74) is 3.12. The molecular weight excluding hydrogens is 468 g/mol. The molecule has 5 nitrogen and oxygen atoms in total. The number of benzene rings is 2. The van der Waals surface area contributed by atoms with Crippen molar-refractivity contribution in [1.82, 2.24) is 4.90 Å². The molecule has 1 unspecified atom stereocenters. The maximum atomic E-state index is 13.3. The van der Waals surface area contributed by atoms with Gasteiger partial charge in [-0.1, -0.05) is 56.3 Å². The fourth-order valence-corrected chi connectivity index (χ4v) is 5.49. The number of urea groups is 1. The monoisotopic (exact) mass is 502 g/mol. The SMILES string of the molecule is CCCCCCCN(C(=O)Nc1cccc(Cl)c1)C1Cc2ccc(SC(C)(C)C(=O)O)cc2C1. The molecule has 0 spiro atoms. The van der Waals surface area contributed by atoms with Crippen LogP contribution in [0.1, 0.15) is 64.0 Å². The van der Waals surface area contributed by atoms with Crippen LogP contribution in [0.3, 0.4) is 0 Å². The highest BCUT2D eigenvalue weighted by Gasteiger charge is 2.32. The minimum absolute atomic E-state index is 0.0769. The maximum absolute atomic E-state index is 13.3. The normalized spacial score (nSPS) is 15.1. The molecule has 1 aliphatic rings. The van der Waals surface area contributed by atoms with E-state index in [0.29, 0.717) is 17.3 Å². The first-order valence-electron chi connectivity index (χ1n) is 12.1. The molecule has 0 aromatic heterocycles. The van der Waals surface area contributed by atoms with Gasteiger partial charge in [-0.3, -0.25) is 4.79 Å². The van der Waals surface area contributed by atoms with Gasteiger partial charge in [0, 0.05) is 28.2 Å². The van der Waals surface area contributed by atoms with E-state index >= 15 is 0 Å². The Morgan fingerprint density at radius 2 is 1.82 bits per heavy atom. The van der Waals surface area contributed by atoms with Crippen molar-refractivity contribution in [2.45, 2.75) is 81.4 Å². The minimum atomic E-state index is -0.895. The first kappa shape index (κ1) is 26.4. The Morgan fingerprint density at radius 3 is 2.53 bits per heavy atom. The Hall–Kier alpha value is -2.18. The Labute approximate surface area is 212 Å². The average molecular weight is 503 g/mol. The number of amides is 2. The van der Waals surface area contributed by atoms with Crippen LogP contribution >= 0.6 is 23.4 Å². The summed E-state index contributed by atoms with van der Waals surface area (Å²) in [4.78, 5) is 27.8. The Balaban J connectivity index is 1.72. The lowest BCUT2D eigenvalue weighted by molar-refractivity contribution is -0.138. The highest BCUT2D eigenvalue weighted by Crippen LogP contribution is 2.36. The summed E-state index contributed by atoms with van der Waals surface area (Å²) in [6, 6.07) is 13.4. The van der Waals surface area contributed by atoms with E-state index in [-0.39, 0.29) is 12.1 Å². The second-order valence-electron chi connectivity index (χ2n) is 9.46. The number of carbonyl (C=O) groups is 2. The maximum Gasteiger partial charge on any atom is 0.322 e. The highest BCUT2D eigenvalue weighted by molar-refractivity contribution is 8.01. The Bertz CT molecular complexity index is 1010. The number of rotatable bonds is 11. The number of thioether (sulfide) groups is 1.